The average molecular weight is 490 g/mol. The first kappa shape index (κ1) is 25.1. The minimum atomic E-state index is -0.553. The molecule has 188 valence electrons. The summed E-state index contributed by atoms with van der Waals surface area (Å²) in [7, 11) is 0. The summed E-state index contributed by atoms with van der Waals surface area (Å²) in [5, 5.41) is 7.55. The number of nitrogens with zero attached hydrogens (tertiary/aromatic N) is 4. The molecule has 0 spiro atoms. The van der Waals surface area contributed by atoms with Crippen molar-refractivity contribution in [2.24, 2.45) is 5.92 Å². The molecule has 0 saturated carbocycles. The quantitative estimate of drug-likeness (QED) is 0.401. The fourth-order valence-electron chi connectivity index (χ4n) is 4.25. The second kappa shape index (κ2) is 9.56. The maximum absolute atomic E-state index is 13.5. The maximum Gasteiger partial charge on any atom is 0.352 e. The monoisotopic (exact) mass is 489 g/mol. The van der Waals surface area contributed by atoms with Gasteiger partial charge in [-0.15, -0.1) is 5.10 Å². The summed E-state index contributed by atoms with van der Waals surface area (Å²) in [6.07, 6.45) is 0. The fraction of sp³-hybridized carbons (Fsp3) is 0.370. The summed E-state index contributed by atoms with van der Waals surface area (Å²) < 4.78 is 3.83. The summed E-state index contributed by atoms with van der Waals surface area (Å²) in [5.41, 5.74) is 2.01. The molecule has 0 atom stereocenters. The Morgan fingerprint density at radius 3 is 2.39 bits per heavy atom. The van der Waals surface area contributed by atoms with E-state index >= 15 is 0 Å². The van der Waals surface area contributed by atoms with Gasteiger partial charge in [0, 0.05) is 23.7 Å². The lowest BCUT2D eigenvalue weighted by molar-refractivity contribution is 0.0946. The predicted molar refractivity (Wildman–Crippen MR) is 139 cm³/mol. The lowest BCUT2D eigenvalue weighted by Gasteiger charge is -2.13. The molecule has 0 aliphatic rings. The zero-order chi connectivity index (χ0) is 26.3. The molecule has 1 amide bonds. The van der Waals surface area contributed by atoms with E-state index in [4.69, 9.17) is 0 Å². The van der Waals surface area contributed by atoms with Crippen molar-refractivity contribution in [3.05, 3.63) is 79.5 Å². The van der Waals surface area contributed by atoms with Crippen LogP contribution in [0.5, 0.6) is 0 Å². The van der Waals surface area contributed by atoms with Gasteiger partial charge in [0.2, 0.25) is 5.78 Å². The Morgan fingerprint density at radius 2 is 1.72 bits per heavy atom. The molecule has 0 unspecified atom stereocenters. The number of carbonyl (C=O) groups is 2. The highest BCUT2D eigenvalue weighted by molar-refractivity contribution is 5.98. The van der Waals surface area contributed by atoms with Gasteiger partial charge >= 0.3 is 5.69 Å². The van der Waals surface area contributed by atoms with Crippen molar-refractivity contribution in [1.82, 2.24) is 24.1 Å². The van der Waals surface area contributed by atoms with E-state index in [1.165, 1.54) is 15.0 Å². The fourth-order valence-corrected chi connectivity index (χ4v) is 4.25. The summed E-state index contributed by atoms with van der Waals surface area (Å²) in [4.78, 5) is 52.7. The molecular weight excluding hydrogens is 458 g/mol. The number of aromatic nitrogens is 4. The van der Waals surface area contributed by atoms with Crippen LogP contribution in [0.2, 0.25) is 0 Å². The number of carbonyl (C=O) groups excluding carboxylic acids is 2. The third-order valence-electron chi connectivity index (χ3n) is 6.16. The van der Waals surface area contributed by atoms with Gasteiger partial charge in [-0.1, -0.05) is 31.5 Å². The minimum absolute atomic E-state index is 0.126. The third kappa shape index (κ3) is 4.48. The van der Waals surface area contributed by atoms with Gasteiger partial charge in [0.1, 0.15) is 6.54 Å². The molecule has 0 aliphatic heterocycles. The smallest absolute Gasteiger partial charge is 0.352 e. The lowest BCUT2D eigenvalue weighted by Crippen LogP contribution is -2.29. The number of Topliss-reactive ketones (excluding diaryl/α,β-unsaturated/α-hetero) is 1. The summed E-state index contributed by atoms with van der Waals surface area (Å²) in [6.45, 7) is 11.6. The molecule has 36 heavy (non-hydrogen) atoms. The second-order valence-corrected chi connectivity index (χ2v) is 9.92. The number of rotatable bonds is 7. The molecule has 0 saturated heterocycles. The van der Waals surface area contributed by atoms with Crippen LogP contribution in [0.25, 0.3) is 16.7 Å². The van der Waals surface area contributed by atoms with Gasteiger partial charge in [0.25, 0.3) is 11.5 Å². The van der Waals surface area contributed by atoms with Crippen molar-refractivity contribution in [3.63, 3.8) is 0 Å². The van der Waals surface area contributed by atoms with Crippen LogP contribution in [-0.4, -0.2) is 37.0 Å². The molecule has 0 bridgehead atoms. The second-order valence-electron chi connectivity index (χ2n) is 9.92. The van der Waals surface area contributed by atoms with E-state index in [2.05, 4.69) is 10.4 Å². The Balaban J connectivity index is 1.91. The van der Waals surface area contributed by atoms with E-state index in [-0.39, 0.29) is 47.0 Å². The Morgan fingerprint density at radius 1 is 1.00 bits per heavy atom. The number of fused-ring (bicyclic) bond motifs is 3. The Bertz CT molecular complexity index is 1620. The maximum atomic E-state index is 13.5. The zero-order valence-corrected chi connectivity index (χ0v) is 21.5. The van der Waals surface area contributed by atoms with Crippen molar-refractivity contribution >= 4 is 28.4 Å². The minimum Gasteiger partial charge on any atom is -0.352 e. The molecular formula is C27H31N5O4. The van der Waals surface area contributed by atoms with Crippen molar-refractivity contribution in [2.45, 2.75) is 54.1 Å². The molecule has 2 heterocycles. The van der Waals surface area contributed by atoms with Crippen LogP contribution < -0.4 is 16.6 Å². The van der Waals surface area contributed by atoms with E-state index in [0.29, 0.717) is 23.1 Å². The predicted octanol–water partition coefficient (Wildman–Crippen LogP) is 3.28. The van der Waals surface area contributed by atoms with Gasteiger partial charge in [-0.05, 0) is 63.4 Å². The third-order valence-corrected chi connectivity index (χ3v) is 6.16. The molecule has 0 aliphatic carbocycles. The van der Waals surface area contributed by atoms with Crippen LogP contribution in [0.4, 0.5) is 0 Å². The zero-order valence-electron chi connectivity index (χ0n) is 21.5. The van der Waals surface area contributed by atoms with Crippen LogP contribution in [0.15, 0.2) is 46.0 Å². The topological polar surface area (TPSA) is 107 Å². The Kier molecular flexibility index (Phi) is 6.67. The number of aryl methyl sites for hydroxylation is 2. The molecule has 0 radical (unpaired) electrons. The van der Waals surface area contributed by atoms with Crippen LogP contribution in [0.3, 0.4) is 0 Å². The molecule has 1 N–H and O–H groups in total. The van der Waals surface area contributed by atoms with Gasteiger partial charge in [-0.2, -0.15) is 0 Å². The largest absolute Gasteiger partial charge is 0.352 e. The van der Waals surface area contributed by atoms with Gasteiger partial charge in [0.05, 0.1) is 10.9 Å². The number of hydrogen-bond acceptors (Lipinski definition) is 5. The van der Waals surface area contributed by atoms with E-state index in [1.54, 1.807) is 18.2 Å². The highest BCUT2D eigenvalue weighted by Crippen LogP contribution is 2.17. The van der Waals surface area contributed by atoms with E-state index < -0.39 is 5.69 Å². The first-order valence-corrected chi connectivity index (χ1v) is 12.1. The first-order chi connectivity index (χ1) is 17.0. The lowest BCUT2D eigenvalue weighted by atomic mass is 10.0. The van der Waals surface area contributed by atoms with Crippen molar-refractivity contribution in [1.29, 1.82) is 0 Å². The molecule has 0 fully saturated rings. The number of nitrogens with one attached hydrogen (secondary N) is 1. The standard InChI is InChI=1S/C27H31N5O4/c1-15(2)13-28-24(34)19-9-10-20-22(12-19)32-26(31(16(3)4)25(20)35)29-30(27(32)36)14-23(33)21-11-17(5)7-8-18(21)6/h7-12,15-16H,13-14H2,1-6H3,(H,28,34). The van der Waals surface area contributed by atoms with Crippen LogP contribution >= 0.6 is 0 Å². The number of benzene rings is 2. The highest BCUT2D eigenvalue weighted by Gasteiger charge is 2.22. The Labute approximate surface area is 208 Å². The number of ketones is 1. The first-order valence-electron chi connectivity index (χ1n) is 12.1. The molecule has 4 aromatic rings. The van der Waals surface area contributed by atoms with Crippen molar-refractivity contribution < 1.29 is 9.59 Å². The van der Waals surface area contributed by atoms with Crippen molar-refractivity contribution in [2.75, 3.05) is 6.54 Å². The Hall–Kier alpha value is -4.01. The number of amides is 1. The molecule has 2 aromatic carbocycles. The van der Waals surface area contributed by atoms with Gasteiger partial charge in [-0.3, -0.25) is 19.0 Å². The normalized spacial score (nSPS) is 11.7. The molecule has 9 nitrogen and oxygen atoms in total. The van der Waals surface area contributed by atoms with E-state index in [1.807, 2.05) is 53.7 Å². The summed E-state index contributed by atoms with van der Waals surface area (Å²) in [5.74, 6) is -0.147. The molecule has 9 heteroatoms. The summed E-state index contributed by atoms with van der Waals surface area (Å²) in [6, 6.07) is 9.96. The van der Waals surface area contributed by atoms with E-state index in [9.17, 15) is 19.2 Å². The SMILES string of the molecule is Cc1ccc(C)c(C(=O)Cn2nc3n(C(C)C)c(=O)c4ccc(C(=O)NCC(C)C)cc4n3c2=O)c1. The van der Waals surface area contributed by atoms with Crippen LogP contribution in [0.1, 0.15) is 65.6 Å². The van der Waals surface area contributed by atoms with E-state index in [0.717, 1.165) is 15.8 Å². The molecule has 2 aromatic heterocycles. The van der Waals surface area contributed by atoms with Gasteiger partial charge in [-0.25, -0.2) is 13.9 Å². The summed E-state index contributed by atoms with van der Waals surface area (Å²) >= 11 is 0. The van der Waals surface area contributed by atoms with Gasteiger partial charge in [0.15, 0.2) is 5.78 Å². The average Bonchev–Trinajstić information content (AvgIpc) is 3.13. The van der Waals surface area contributed by atoms with Crippen LogP contribution in [-0.2, 0) is 6.54 Å². The van der Waals surface area contributed by atoms with Gasteiger partial charge < -0.3 is 5.32 Å². The van der Waals surface area contributed by atoms with Crippen molar-refractivity contribution in [3.8, 4) is 0 Å². The highest BCUT2D eigenvalue weighted by atomic mass is 16.2. The number of hydrogen-bond donors (Lipinski definition) is 1. The molecule has 4 rings (SSSR count). The van der Waals surface area contributed by atoms with Crippen LogP contribution in [0, 0.1) is 19.8 Å².